The fourth-order valence-corrected chi connectivity index (χ4v) is 2.77. The second-order valence-electron chi connectivity index (χ2n) is 4.50. The van der Waals surface area contributed by atoms with Gasteiger partial charge in [-0.05, 0) is 18.2 Å². The zero-order chi connectivity index (χ0) is 16.8. The molecule has 0 saturated carbocycles. The highest BCUT2D eigenvalue weighted by Gasteiger charge is 2.29. The van der Waals surface area contributed by atoms with Gasteiger partial charge in [0, 0.05) is 13.1 Å². The minimum absolute atomic E-state index is 0.133. The van der Waals surface area contributed by atoms with Gasteiger partial charge < -0.3 is 10.1 Å². The summed E-state index contributed by atoms with van der Waals surface area (Å²) in [5.74, 6) is -0.221. The van der Waals surface area contributed by atoms with Crippen LogP contribution in [0.1, 0.15) is 5.56 Å². The van der Waals surface area contributed by atoms with Crippen molar-refractivity contribution in [1.82, 2.24) is 10.2 Å². The molecule has 7 nitrogen and oxygen atoms in total. The molecule has 0 atom stereocenters. The maximum absolute atomic E-state index is 11.7. The molecule has 1 N–H and O–H groups in total. The molecule has 0 aromatic heterocycles. The number of hydrogen-bond acceptors (Lipinski definition) is 6. The number of thioether (sulfide) groups is 1. The lowest BCUT2D eigenvalue weighted by molar-refractivity contribution is -0.126. The zero-order valence-electron chi connectivity index (χ0n) is 11.9. The molecule has 0 aliphatic carbocycles. The van der Waals surface area contributed by atoms with Crippen molar-refractivity contribution in [3.05, 3.63) is 28.8 Å². The number of nitriles is 1. The van der Waals surface area contributed by atoms with E-state index in [1.54, 1.807) is 0 Å². The van der Waals surface area contributed by atoms with E-state index in [2.05, 4.69) is 5.32 Å². The first-order chi connectivity index (χ1) is 11.0. The summed E-state index contributed by atoms with van der Waals surface area (Å²) < 4.78 is 5.26. The van der Waals surface area contributed by atoms with Crippen molar-refractivity contribution < 1.29 is 19.1 Å². The minimum atomic E-state index is -0.405. The van der Waals surface area contributed by atoms with Gasteiger partial charge in [0.05, 0.1) is 22.4 Å². The van der Waals surface area contributed by atoms with Crippen molar-refractivity contribution in [3.63, 3.8) is 0 Å². The van der Waals surface area contributed by atoms with Crippen LogP contribution in [-0.4, -0.2) is 47.4 Å². The van der Waals surface area contributed by atoms with E-state index < -0.39 is 5.91 Å². The van der Waals surface area contributed by atoms with Gasteiger partial charge in [0.25, 0.3) is 11.1 Å². The molecule has 3 amide bonds. The van der Waals surface area contributed by atoms with Gasteiger partial charge in [0.15, 0.2) is 6.61 Å². The summed E-state index contributed by atoms with van der Waals surface area (Å²) in [6.45, 7) is 0.0254. The average Bonchev–Trinajstić information content (AvgIpc) is 2.85. The Kier molecular flexibility index (Phi) is 5.84. The van der Waals surface area contributed by atoms with Crippen LogP contribution in [0.25, 0.3) is 0 Å². The number of carbonyl (C=O) groups is 3. The monoisotopic (exact) mass is 353 g/mol. The van der Waals surface area contributed by atoms with E-state index in [4.69, 9.17) is 21.6 Å². The summed E-state index contributed by atoms with van der Waals surface area (Å²) in [6.07, 6.45) is 0. The topological polar surface area (TPSA) is 99.5 Å². The number of benzene rings is 1. The Morgan fingerprint density at radius 2 is 2.26 bits per heavy atom. The van der Waals surface area contributed by atoms with E-state index in [9.17, 15) is 14.4 Å². The van der Waals surface area contributed by atoms with Crippen molar-refractivity contribution >= 4 is 40.4 Å². The number of amides is 3. The summed E-state index contributed by atoms with van der Waals surface area (Å²) >= 11 is 6.87. The summed E-state index contributed by atoms with van der Waals surface area (Å²) in [5, 5.41) is 11.2. The molecule has 0 spiro atoms. The Morgan fingerprint density at radius 3 is 2.87 bits per heavy atom. The molecule has 1 aliphatic heterocycles. The number of halogens is 1. The third-order valence-corrected chi connectivity index (χ3v) is 4.07. The highest BCUT2D eigenvalue weighted by molar-refractivity contribution is 8.14. The maximum atomic E-state index is 11.7. The lowest BCUT2D eigenvalue weighted by atomic mass is 10.2. The van der Waals surface area contributed by atoms with E-state index in [0.717, 1.165) is 16.7 Å². The van der Waals surface area contributed by atoms with Crippen LogP contribution in [0.4, 0.5) is 4.79 Å². The SMILES string of the molecule is N#Cc1ccc(OCC(=O)NCCN2C(=O)CSC2=O)c(Cl)c1. The van der Waals surface area contributed by atoms with Crippen LogP contribution >= 0.6 is 23.4 Å². The van der Waals surface area contributed by atoms with Gasteiger partial charge in [-0.3, -0.25) is 19.3 Å². The molecule has 1 aliphatic rings. The molecule has 1 saturated heterocycles. The highest BCUT2D eigenvalue weighted by Crippen LogP contribution is 2.25. The molecule has 2 rings (SSSR count). The molecule has 0 radical (unpaired) electrons. The quantitative estimate of drug-likeness (QED) is 0.829. The molecular weight excluding hydrogens is 342 g/mol. The summed E-state index contributed by atoms with van der Waals surface area (Å²) in [6, 6.07) is 6.42. The smallest absolute Gasteiger partial charge is 0.288 e. The van der Waals surface area contributed by atoms with Gasteiger partial charge in [-0.15, -0.1) is 0 Å². The van der Waals surface area contributed by atoms with Crippen molar-refractivity contribution in [2.45, 2.75) is 0 Å². The second-order valence-corrected chi connectivity index (χ2v) is 5.83. The molecule has 1 heterocycles. The Balaban J connectivity index is 1.74. The minimum Gasteiger partial charge on any atom is -0.482 e. The normalized spacial score (nSPS) is 13.8. The summed E-state index contributed by atoms with van der Waals surface area (Å²) in [7, 11) is 0. The molecule has 9 heteroatoms. The van der Waals surface area contributed by atoms with Crippen LogP contribution in [0.15, 0.2) is 18.2 Å². The van der Waals surface area contributed by atoms with Gasteiger partial charge in [-0.1, -0.05) is 23.4 Å². The predicted octanol–water partition coefficient (Wildman–Crippen LogP) is 1.40. The van der Waals surface area contributed by atoms with E-state index in [1.807, 2.05) is 6.07 Å². The number of nitrogens with zero attached hydrogens (tertiary/aromatic N) is 2. The number of ether oxygens (including phenoxy) is 1. The third-order valence-electron chi connectivity index (χ3n) is 2.92. The van der Waals surface area contributed by atoms with E-state index >= 15 is 0 Å². The Hall–Kier alpha value is -2.24. The Morgan fingerprint density at radius 1 is 1.48 bits per heavy atom. The standard InChI is InChI=1S/C14H12ClN3O4S/c15-10-5-9(6-16)1-2-11(10)22-7-12(19)17-3-4-18-13(20)8-23-14(18)21/h1-2,5H,3-4,7-8H2,(H,17,19). The lowest BCUT2D eigenvalue weighted by Gasteiger charge is -2.13. The number of hydrogen-bond donors (Lipinski definition) is 1. The van der Waals surface area contributed by atoms with Crippen molar-refractivity contribution in [2.75, 3.05) is 25.4 Å². The number of carbonyl (C=O) groups excluding carboxylic acids is 3. The fraction of sp³-hybridized carbons (Fsp3) is 0.286. The second kappa shape index (κ2) is 7.85. The molecule has 1 aromatic carbocycles. The largest absolute Gasteiger partial charge is 0.482 e. The van der Waals surface area contributed by atoms with Gasteiger partial charge in [-0.2, -0.15) is 5.26 Å². The van der Waals surface area contributed by atoms with E-state index in [1.165, 1.54) is 18.2 Å². The van der Waals surface area contributed by atoms with Crippen LogP contribution < -0.4 is 10.1 Å². The van der Waals surface area contributed by atoms with Gasteiger partial charge >= 0.3 is 0 Å². The van der Waals surface area contributed by atoms with Crippen molar-refractivity contribution in [1.29, 1.82) is 5.26 Å². The summed E-state index contributed by atoms with van der Waals surface area (Å²) in [5.41, 5.74) is 0.393. The zero-order valence-corrected chi connectivity index (χ0v) is 13.4. The van der Waals surface area contributed by atoms with Crippen LogP contribution in [0.2, 0.25) is 5.02 Å². The molecule has 1 fully saturated rings. The number of nitrogens with one attached hydrogen (secondary N) is 1. The molecule has 1 aromatic rings. The van der Waals surface area contributed by atoms with E-state index in [-0.39, 0.29) is 41.6 Å². The first-order valence-corrected chi connectivity index (χ1v) is 7.94. The van der Waals surface area contributed by atoms with Crippen LogP contribution in [0.5, 0.6) is 5.75 Å². The molecule has 23 heavy (non-hydrogen) atoms. The van der Waals surface area contributed by atoms with Crippen LogP contribution in [-0.2, 0) is 9.59 Å². The van der Waals surface area contributed by atoms with Crippen molar-refractivity contribution in [3.8, 4) is 11.8 Å². The van der Waals surface area contributed by atoms with Crippen molar-refractivity contribution in [2.24, 2.45) is 0 Å². The van der Waals surface area contributed by atoms with Crippen LogP contribution in [0, 0.1) is 11.3 Å². The molecule has 0 bridgehead atoms. The highest BCUT2D eigenvalue weighted by atomic mass is 35.5. The van der Waals surface area contributed by atoms with Gasteiger partial charge in [0.2, 0.25) is 5.91 Å². The van der Waals surface area contributed by atoms with Gasteiger partial charge in [0.1, 0.15) is 5.75 Å². The number of imide groups is 1. The molecule has 120 valence electrons. The number of rotatable bonds is 6. The first-order valence-electron chi connectivity index (χ1n) is 6.57. The predicted molar refractivity (Wildman–Crippen MR) is 84.2 cm³/mol. The molecule has 0 unspecified atom stereocenters. The molecular formula is C14H12ClN3O4S. The Bertz CT molecular complexity index is 673. The third kappa shape index (κ3) is 4.61. The van der Waals surface area contributed by atoms with Crippen LogP contribution in [0.3, 0.4) is 0 Å². The fourth-order valence-electron chi connectivity index (χ4n) is 1.79. The summed E-state index contributed by atoms with van der Waals surface area (Å²) in [4.78, 5) is 35.5. The Labute approximate surface area is 141 Å². The van der Waals surface area contributed by atoms with E-state index in [0.29, 0.717) is 11.3 Å². The lowest BCUT2D eigenvalue weighted by Crippen LogP contribution is -2.39. The van der Waals surface area contributed by atoms with Gasteiger partial charge in [-0.25, -0.2) is 0 Å². The maximum Gasteiger partial charge on any atom is 0.288 e. The first kappa shape index (κ1) is 17.1. The average molecular weight is 354 g/mol.